The van der Waals surface area contributed by atoms with Crippen LogP contribution in [0.2, 0.25) is 0 Å². The monoisotopic (exact) mass is 325 g/mol. The molecule has 0 aliphatic heterocycles. The summed E-state index contributed by atoms with van der Waals surface area (Å²) in [5.41, 5.74) is 0. The Labute approximate surface area is 134 Å². The maximum absolute atomic E-state index is 9.21. The van der Waals surface area contributed by atoms with Crippen LogP contribution in [0.3, 0.4) is 0 Å². The summed E-state index contributed by atoms with van der Waals surface area (Å²) in [6.07, 6.45) is -5.65. The van der Waals surface area contributed by atoms with Crippen molar-refractivity contribution in [2.24, 2.45) is 0 Å². The molecule has 0 aromatic carbocycles. The molecule has 0 rings (SSSR count). The molecular weight excluding hydrogens is 288 g/mol. The molecule has 7 nitrogen and oxygen atoms in total. The van der Waals surface area contributed by atoms with Gasteiger partial charge in [-0.1, -0.05) is 0 Å². The Hall–Kier alpha value is -0.280. The van der Waals surface area contributed by atoms with Crippen LogP contribution in [-0.4, -0.2) is 101 Å². The van der Waals surface area contributed by atoms with Gasteiger partial charge in [0.05, 0.1) is 38.9 Å². The molecule has 6 N–H and O–H groups in total. The van der Waals surface area contributed by atoms with Crippen LogP contribution in [0.25, 0.3) is 0 Å². The number of rotatable bonds is 10. The number of nitrogens with zero attached hydrogens (tertiary/aromatic N) is 1. The second-order valence-corrected chi connectivity index (χ2v) is 5.46. The van der Waals surface area contributed by atoms with Crippen LogP contribution in [0.1, 0.15) is 27.7 Å². The van der Waals surface area contributed by atoms with E-state index in [0.717, 1.165) is 0 Å². The summed E-state index contributed by atoms with van der Waals surface area (Å²) >= 11 is 0. The van der Waals surface area contributed by atoms with Gasteiger partial charge >= 0.3 is 0 Å². The molecule has 0 aliphatic carbocycles. The first kappa shape index (κ1) is 24.0. The molecule has 0 unspecified atom stereocenters. The number of hydrogen-bond donors (Lipinski definition) is 6. The molecule has 0 heterocycles. The van der Waals surface area contributed by atoms with Crippen LogP contribution >= 0.6 is 0 Å². The first-order chi connectivity index (χ1) is 10.3. The molecule has 0 aliphatic rings. The first-order valence-electron chi connectivity index (χ1n) is 8.11. The van der Waals surface area contributed by atoms with Gasteiger partial charge in [-0.3, -0.25) is 0 Å². The third-order valence-corrected chi connectivity index (χ3v) is 4.42. The highest BCUT2D eigenvalue weighted by atomic mass is 16.4. The summed E-state index contributed by atoms with van der Waals surface area (Å²) in [5, 5.41) is 47.5. The molecule has 0 fully saturated rings. The molecule has 7 heteroatoms. The topological polar surface area (TPSA) is 113 Å². The van der Waals surface area contributed by atoms with Gasteiger partial charge in [-0.2, -0.15) is 0 Å². The lowest BCUT2D eigenvalue weighted by Crippen LogP contribution is -2.48. The number of likely N-dealkylation sites (N-methyl/N-ethyl adjacent to an activating group) is 1. The highest BCUT2D eigenvalue weighted by Gasteiger charge is 2.29. The molecule has 0 bridgehead atoms. The summed E-state index contributed by atoms with van der Waals surface area (Å²) in [7, 11) is 1.57. The van der Waals surface area contributed by atoms with Crippen molar-refractivity contribution in [3.05, 3.63) is 0 Å². The maximum atomic E-state index is 9.21. The average molecular weight is 325 g/mol. The van der Waals surface area contributed by atoms with Gasteiger partial charge in [0, 0.05) is 6.54 Å². The van der Waals surface area contributed by atoms with Gasteiger partial charge in [0.15, 0.2) is 0 Å². The summed E-state index contributed by atoms with van der Waals surface area (Å²) < 4.78 is 1.28. The predicted molar refractivity (Wildman–Crippen MR) is 87.5 cm³/mol. The standard InChI is InChI=1S/C8H20N.C7H17NO5/c1-5-9(6-2,7-3)8-4;1-8-2-4(10)6(12)7(13)5(11)3-9/h5-8H2,1-4H3;4-13H,2-3H2,1H3/q+1;/t;4-,5+,6+,7+/m.0/s1. The number of quaternary nitrogens is 1. The molecular formula is C15H37N2O5+. The summed E-state index contributed by atoms with van der Waals surface area (Å²) in [5.74, 6) is 0. The minimum absolute atomic E-state index is 0.0936. The molecule has 0 saturated carbocycles. The normalized spacial score (nSPS) is 17.2. The maximum Gasteiger partial charge on any atom is 0.111 e. The van der Waals surface area contributed by atoms with E-state index in [1.807, 2.05) is 0 Å². The molecule has 0 amide bonds. The van der Waals surface area contributed by atoms with E-state index in [4.69, 9.17) is 20.4 Å². The van der Waals surface area contributed by atoms with Crippen molar-refractivity contribution in [1.82, 2.24) is 5.32 Å². The van der Waals surface area contributed by atoms with E-state index in [0.29, 0.717) is 0 Å². The average Bonchev–Trinajstić information content (AvgIpc) is 2.56. The van der Waals surface area contributed by atoms with E-state index in [9.17, 15) is 5.11 Å². The van der Waals surface area contributed by atoms with Crippen LogP contribution in [0.5, 0.6) is 0 Å². The van der Waals surface area contributed by atoms with Gasteiger partial charge in [-0.05, 0) is 34.7 Å². The van der Waals surface area contributed by atoms with Gasteiger partial charge in [-0.15, -0.1) is 0 Å². The number of hydrogen-bond acceptors (Lipinski definition) is 6. The van der Waals surface area contributed by atoms with Crippen molar-refractivity contribution in [3.8, 4) is 0 Å². The van der Waals surface area contributed by atoms with Crippen molar-refractivity contribution < 1.29 is 30.0 Å². The Kier molecular flexibility index (Phi) is 14.4. The van der Waals surface area contributed by atoms with Crippen molar-refractivity contribution in [2.45, 2.75) is 52.1 Å². The van der Waals surface area contributed by atoms with E-state index >= 15 is 0 Å². The number of aliphatic hydroxyl groups is 5. The molecule has 0 spiro atoms. The Morgan fingerprint density at radius 3 is 1.36 bits per heavy atom. The molecule has 0 radical (unpaired) electrons. The van der Waals surface area contributed by atoms with E-state index < -0.39 is 31.0 Å². The molecule has 0 saturated heterocycles. The minimum Gasteiger partial charge on any atom is -0.394 e. The third-order valence-electron chi connectivity index (χ3n) is 4.42. The Morgan fingerprint density at radius 2 is 1.14 bits per heavy atom. The van der Waals surface area contributed by atoms with Gasteiger partial charge in [-0.25, -0.2) is 0 Å². The van der Waals surface area contributed by atoms with Crippen LogP contribution in [0.4, 0.5) is 0 Å². The van der Waals surface area contributed by atoms with Gasteiger partial charge < -0.3 is 35.3 Å². The fourth-order valence-electron chi connectivity index (χ4n) is 2.23. The number of nitrogens with one attached hydrogen (secondary N) is 1. The zero-order valence-corrected chi connectivity index (χ0v) is 14.7. The van der Waals surface area contributed by atoms with E-state index in [-0.39, 0.29) is 6.54 Å². The van der Waals surface area contributed by atoms with Crippen LogP contribution in [0, 0.1) is 0 Å². The lowest BCUT2D eigenvalue weighted by molar-refractivity contribution is -0.921. The third kappa shape index (κ3) is 8.38. The molecule has 0 aromatic heterocycles. The lowest BCUT2D eigenvalue weighted by Gasteiger charge is -2.34. The summed E-state index contributed by atoms with van der Waals surface area (Å²) in [6.45, 7) is 13.7. The Morgan fingerprint density at radius 1 is 0.773 bits per heavy atom. The van der Waals surface area contributed by atoms with Crippen molar-refractivity contribution in [3.63, 3.8) is 0 Å². The van der Waals surface area contributed by atoms with Crippen molar-refractivity contribution in [1.29, 1.82) is 0 Å². The predicted octanol–water partition coefficient (Wildman–Crippen LogP) is -1.48. The molecule has 0 aromatic rings. The van der Waals surface area contributed by atoms with Crippen LogP contribution in [0.15, 0.2) is 0 Å². The zero-order chi connectivity index (χ0) is 17.8. The van der Waals surface area contributed by atoms with Crippen LogP contribution < -0.4 is 5.32 Å². The quantitative estimate of drug-likeness (QED) is 0.273. The largest absolute Gasteiger partial charge is 0.394 e. The van der Waals surface area contributed by atoms with Gasteiger partial charge in [0.25, 0.3) is 0 Å². The summed E-state index contributed by atoms with van der Waals surface area (Å²) in [4.78, 5) is 0. The Bertz CT molecular complexity index is 235. The summed E-state index contributed by atoms with van der Waals surface area (Å²) in [6, 6.07) is 0. The van der Waals surface area contributed by atoms with E-state index in [2.05, 4.69) is 33.0 Å². The van der Waals surface area contributed by atoms with Crippen molar-refractivity contribution in [2.75, 3.05) is 46.4 Å². The zero-order valence-electron chi connectivity index (χ0n) is 14.7. The first-order valence-corrected chi connectivity index (χ1v) is 8.11. The SMILES string of the molecule is CC[N+](CC)(CC)CC.CNC[C@H](O)[C@@H](O)[C@H](O)[C@H](O)CO. The number of aliphatic hydroxyl groups excluding tert-OH is 5. The van der Waals surface area contributed by atoms with Crippen molar-refractivity contribution >= 4 is 0 Å². The fourth-order valence-corrected chi connectivity index (χ4v) is 2.23. The smallest absolute Gasteiger partial charge is 0.111 e. The minimum atomic E-state index is -1.55. The van der Waals surface area contributed by atoms with Crippen LogP contribution in [-0.2, 0) is 0 Å². The highest BCUT2D eigenvalue weighted by molar-refractivity contribution is 4.81. The molecule has 4 atom stereocenters. The molecule has 22 heavy (non-hydrogen) atoms. The second kappa shape index (κ2) is 13.2. The molecule has 136 valence electrons. The van der Waals surface area contributed by atoms with Gasteiger partial charge in [0.2, 0.25) is 0 Å². The fraction of sp³-hybridized carbons (Fsp3) is 1.00. The van der Waals surface area contributed by atoms with E-state index in [1.54, 1.807) is 7.05 Å². The highest BCUT2D eigenvalue weighted by Crippen LogP contribution is 2.04. The second-order valence-electron chi connectivity index (χ2n) is 5.46. The lowest BCUT2D eigenvalue weighted by atomic mass is 10.0. The van der Waals surface area contributed by atoms with Gasteiger partial charge in [0.1, 0.15) is 18.3 Å². The van der Waals surface area contributed by atoms with E-state index in [1.165, 1.54) is 30.7 Å². The Balaban J connectivity index is 0.